The van der Waals surface area contributed by atoms with E-state index in [1.807, 2.05) is 12.5 Å². The zero-order chi connectivity index (χ0) is 7.98. The van der Waals surface area contributed by atoms with Gasteiger partial charge in [0.1, 0.15) is 0 Å². The van der Waals surface area contributed by atoms with Crippen LogP contribution in [-0.2, 0) is 0 Å². The van der Waals surface area contributed by atoms with Crippen molar-refractivity contribution in [2.75, 3.05) is 18.3 Å². The molecule has 0 unspecified atom stereocenters. The van der Waals surface area contributed by atoms with Crippen molar-refractivity contribution in [3.63, 3.8) is 0 Å². The average Bonchev–Trinajstić information content (AvgIpc) is 1.91. The summed E-state index contributed by atoms with van der Waals surface area (Å²) in [7, 11) is 0. The first-order valence-electron chi connectivity index (χ1n) is 2.60. The van der Waals surface area contributed by atoms with Gasteiger partial charge in [0.15, 0.2) is 0 Å². The van der Waals surface area contributed by atoms with Gasteiger partial charge in [-0.15, -0.1) is 0 Å². The normalized spacial score (nSPS) is 9.50. The fourth-order valence-corrected chi connectivity index (χ4v) is 2.30. The van der Waals surface area contributed by atoms with E-state index in [-0.39, 0.29) is 5.24 Å². The summed E-state index contributed by atoms with van der Waals surface area (Å²) >= 11 is 4.06. The van der Waals surface area contributed by atoms with Gasteiger partial charge in [-0.3, -0.25) is 4.79 Å². The molecule has 59 valence electrons. The number of thioether (sulfide) groups is 1. The fourth-order valence-electron chi connectivity index (χ4n) is 0.364. The van der Waals surface area contributed by atoms with Crippen LogP contribution in [0.25, 0.3) is 0 Å². The van der Waals surface area contributed by atoms with Gasteiger partial charge in [-0.25, -0.2) is 3.71 Å². The Morgan fingerprint density at radius 2 is 2.00 bits per heavy atom. The summed E-state index contributed by atoms with van der Waals surface area (Å²) < 4.78 is 1.62. The number of amides is 1. The van der Waals surface area contributed by atoms with Gasteiger partial charge in [0.25, 0.3) is 0 Å². The van der Waals surface area contributed by atoms with Gasteiger partial charge in [-0.05, 0) is 30.8 Å². The van der Waals surface area contributed by atoms with Gasteiger partial charge >= 0.3 is 5.24 Å². The number of hydrogen-bond acceptors (Lipinski definition) is 4. The van der Waals surface area contributed by atoms with Crippen LogP contribution in [0, 0.1) is 6.92 Å². The van der Waals surface area contributed by atoms with E-state index in [0.717, 1.165) is 0 Å². The van der Waals surface area contributed by atoms with Gasteiger partial charge in [0.2, 0.25) is 0 Å². The lowest BCUT2D eigenvalue weighted by Gasteiger charge is -2.13. The number of hydrogen-bond donors (Lipinski definition) is 0. The molecule has 0 aliphatic carbocycles. The van der Waals surface area contributed by atoms with Crippen LogP contribution < -0.4 is 0 Å². The summed E-state index contributed by atoms with van der Waals surface area (Å²) in [4.78, 5) is 11.0. The smallest absolute Gasteiger partial charge is 0.260 e. The monoisotopic (exact) mass is 196 g/mol. The highest BCUT2D eigenvalue weighted by atomic mass is 32.2. The van der Waals surface area contributed by atoms with E-state index in [1.54, 1.807) is 3.71 Å². The van der Waals surface area contributed by atoms with Crippen molar-refractivity contribution in [1.82, 2.24) is 3.71 Å². The molecule has 5 heteroatoms. The first-order chi connectivity index (χ1) is 4.76. The SMILES string of the molecule is [CH2]CSC(=O)N(SC)SC. The van der Waals surface area contributed by atoms with Crippen molar-refractivity contribution in [3.05, 3.63) is 6.92 Å². The maximum absolute atomic E-state index is 11.0. The molecule has 0 aromatic carbocycles. The molecule has 0 aromatic heterocycles. The van der Waals surface area contributed by atoms with E-state index < -0.39 is 0 Å². The highest BCUT2D eigenvalue weighted by Crippen LogP contribution is 2.22. The molecule has 0 fully saturated rings. The van der Waals surface area contributed by atoms with Crippen LogP contribution in [0.1, 0.15) is 0 Å². The molecule has 1 amide bonds. The molecular weight excluding hydrogens is 186 g/mol. The lowest BCUT2D eigenvalue weighted by atomic mass is 11.0. The van der Waals surface area contributed by atoms with Gasteiger partial charge in [-0.1, -0.05) is 11.8 Å². The zero-order valence-electron chi connectivity index (χ0n) is 5.99. The van der Waals surface area contributed by atoms with Gasteiger partial charge in [-0.2, -0.15) is 0 Å². The second-order valence-electron chi connectivity index (χ2n) is 1.24. The Morgan fingerprint density at radius 1 is 1.50 bits per heavy atom. The topological polar surface area (TPSA) is 20.3 Å². The third kappa shape index (κ3) is 3.63. The molecule has 0 bridgehead atoms. The molecule has 0 N–H and O–H groups in total. The molecule has 0 atom stereocenters. The Balaban J connectivity index is 3.65. The third-order valence-corrected chi connectivity index (χ3v) is 3.46. The van der Waals surface area contributed by atoms with Crippen molar-refractivity contribution in [2.45, 2.75) is 0 Å². The summed E-state index contributed by atoms with van der Waals surface area (Å²) in [6.45, 7) is 3.57. The number of carbonyl (C=O) groups excluding carboxylic acids is 1. The quantitative estimate of drug-likeness (QED) is 0.646. The Kier molecular flexibility index (Phi) is 6.57. The molecule has 0 aliphatic heterocycles. The minimum atomic E-state index is 0.0648. The number of rotatable bonds is 3. The largest absolute Gasteiger partial charge is 0.301 e. The van der Waals surface area contributed by atoms with Crippen molar-refractivity contribution in [3.8, 4) is 0 Å². The fraction of sp³-hybridized carbons (Fsp3) is 0.600. The molecule has 0 aliphatic rings. The number of nitrogens with zero attached hydrogens (tertiary/aromatic N) is 1. The summed E-state index contributed by atoms with van der Waals surface area (Å²) in [6, 6.07) is 0. The maximum atomic E-state index is 11.0. The summed E-state index contributed by atoms with van der Waals surface area (Å²) in [6.07, 6.45) is 3.75. The van der Waals surface area contributed by atoms with Crippen LogP contribution in [0.2, 0.25) is 0 Å². The van der Waals surface area contributed by atoms with E-state index in [9.17, 15) is 4.79 Å². The Bertz CT molecular complexity index is 105. The molecular formula is C5H10NOS3. The van der Waals surface area contributed by atoms with E-state index >= 15 is 0 Å². The maximum Gasteiger partial charge on any atom is 0.301 e. The van der Waals surface area contributed by atoms with Crippen molar-refractivity contribution >= 4 is 40.9 Å². The minimum Gasteiger partial charge on any atom is -0.260 e. The van der Waals surface area contributed by atoms with Crippen molar-refractivity contribution in [1.29, 1.82) is 0 Å². The van der Waals surface area contributed by atoms with Crippen LogP contribution in [0.4, 0.5) is 4.79 Å². The number of carbonyl (C=O) groups is 1. The zero-order valence-corrected chi connectivity index (χ0v) is 8.44. The van der Waals surface area contributed by atoms with Crippen LogP contribution in [-0.4, -0.2) is 27.2 Å². The molecule has 0 saturated carbocycles. The molecule has 2 nitrogen and oxygen atoms in total. The van der Waals surface area contributed by atoms with E-state index in [2.05, 4.69) is 6.92 Å². The predicted molar refractivity (Wildman–Crippen MR) is 52.1 cm³/mol. The van der Waals surface area contributed by atoms with Gasteiger partial charge in [0, 0.05) is 18.3 Å². The standard InChI is InChI=1S/C5H10NOS3/c1-4-10-5(7)6(8-2)9-3/h1,4H2,2-3H3. The lowest BCUT2D eigenvalue weighted by Crippen LogP contribution is -2.10. The van der Waals surface area contributed by atoms with E-state index in [4.69, 9.17) is 0 Å². The van der Waals surface area contributed by atoms with Crippen molar-refractivity contribution in [2.24, 2.45) is 0 Å². The van der Waals surface area contributed by atoms with Crippen LogP contribution >= 0.6 is 35.7 Å². The molecule has 0 spiro atoms. The Labute approximate surface area is 74.8 Å². The summed E-state index contributed by atoms with van der Waals surface area (Å²) in [5, 5.41) is 0.0648. The first-order valence-corrected chi connectivity index (χ1v) is 5.95. The van der Waals surface area contributed by atoms with Crippen LogP contribution in [0.3, 0.4) is 0 Å². The van der Waals surface area contributed by atoms with E-state index in [0.29, 0.717) is 5.75 Å². The second-order valence-corrected chi connectivity index (χ2v) is 3.97. The Hall–Kier alpha value is 0.520. The molecule has 0 saturated heterocycles. The third-order valence-electron chi connectivity index (χ3n) is 0.706. The summed E-state index contributed by atoms with van der Waals surface area (Å²) in [5.41, 5.74) is 0. The molecule has 10 heavy (non-hydrogen) atoms. The van der Waals surface area contributed by atoms with Crippen LogP contribution in [0.5, 0.6) is 0 Å². The Morgan fingerprint density at radius 3 is 2.30 bits per heavy atom. The van der Waals surface area contributed by atoms with Crippen molar-refractivity contribution < 1.29 is 4.79 Å². The summed E-state index contributed by atoms with van der Waals surface area (Å²) in [5.74, 6) is 0.594. The lowest BCUT2D eigenvalue weighted by molar-refractivity contribution is 0.259. The predicted octanol–water partition coefficient (Wildman–Crippen LogP) is 2.53. The molecule has 0 heterocycles. The molecule has 0 aromatic rings. The van der Waals surface area contributed by atoms with Gasteiger partial charge < -0.3 is 0 Å². The van der Waals surface area contributed by atoms with Gasteiger partial charge in [0.05, 0.1) is 0 Å². The highest BCUT2D eigenvalue weighted by Gasteiger charge is 2.09. The molecule has 1 radical (unpaired) electrons. The average molecular weight is 196 g/mol. The molecule has 0 rings (SSSR count). The minimum absolute atomic E-state index is 0.0648. The highest BCUT2D eigenvalue weighted by molar-refractivity contribution is 8.19. The second kappa shape index (κ2) is 6.24. The van der Waals surface area contributed by atoms with E-state index in [1.165, 1.54) is 35.7 Å². The first kappa shape index (κ1) is 10.5. The van der Waals surface area contributed by atoms with Crippen LogP contribution in [0.15, 0.2) is 0 Å².